The zero-order valence-electron chi connectivity index (χ0n) is 18.5. The molecular formula is C26H39NO2. The van der Waals surface area contributed by atoms with Crippen LogP contribution in [0.25, 0.3) is 0 Å². The highest BCUT2D eigenvalue weighted by atomic mass is 16.7. The Morgan fingerprint density at radius 1 is 1.10 bits per heavy atom. The van der Waals surface area contributed by atoms with Gasteiger partial charge in [-0.25, -0.2) is 0 Å². The van der Waals surface area contributed by atoms with Gasteiger partial charge in [0.15, 0.2) is 6.29 Å². The molecule has 3 nitrogen and oxygen atoms in total. The van der Waals surface area contributed by atoms with Crippen LogP contribution in [0.3, 0.4) is 0 Å². The van der Waals surface area contributed by atoms with Crippen LogP contribution < -0.4 is 0 Å². The predicted octanol–water partition coefficient (Wildman–Crippen LogP) is 6.39. The van der Waals surface area contributed by atoms with Gasteiger partial charge in [-0.2, -0.15) is 5.26 Å². The Bertz CT molecular complexity index is 689. The topological polar surface area (TPSA) is 42.2 Å². The van der Waals surface area contributed by atoms with Crippen LogP contribution in [0.5, 0.6) is 0 Å². The molecule has 160 valence electrons. The third-order valence-corrected chi connectivity index (χ3v) is 10.1. The SMILES string of the molecule is CC12CCC(OC3CCCCO3)CC1=CCC1C2CCC2(C)C(CC#N)CCC12. The normalized spacial score (nSPS) is 49.3. The molecule has 0 aromatic rings. The van der Waals surface area contributed by atoms with Crippen molar-refractivity contribution in [1.29, 1.82) is 5.26 Å². The largest absolute Gasteiger partial charge is 0.353 e. The standard InChI is InChI=1S/C26H39NO2/c1-25-14-11-23-21(22(25)9-7-18(25)12-15-27)8-6-19-17-20(10-13-26(19,23)2)29-24-5-3-4-16-28-24/h6,18,20-24H,3-5,7-14,16-17H2,1-2H3. The van der Waals surface area contributed by atoms with Gasteiger partial charge in [-0.05, 0) is 105 Å². The van der Waals surface area contributed by atoms with E-state index in [9.17, 15) is 5.26 Å². The molecule has 1 aliphatic heterocycles. The van der Waals surface area contributed by atoms with Crippen molar-refractivity contribution in [1.82, 2.24) is 0 Å². The molecule has 0 N–H and O–H groups in total. The van der Waals surface area contributed by atoms with E-state index in [-0.39, 0.29) is 6.29 Å². The minimum Gasteiger partial charge on any atom is -0.353 e. The van der Waals surface area contributed by atoms with Crippen molar-refractivity contribution in [3.8, 4) is 6.07 Å². The molecule has 1 heterocycles. The Balaban J connectivity index is 1.31. The molecule has 3 heteroatoms. The van der Waals surface area contributed by atoms with Gasteiger partial charge in [-0.3, -0.25) is 0 Å². The van der Waals surface area contributed by atoms with Crippen LogP contribution in [0.1, 0.15) is 90.9 Å². The second-order valence-corrected chi connectivity index (χ2v) is 11.2. The first-order chi connectivity index (χ1) is 14.0. The van der Waals surface area contributed by atoms with Crippen molar-refractivity contribution in [3.63, 3.8) is 0 Å². The summed E-state index contributed by atoms with van der Waals surface area (Å²) in [6.45, 7) is 5.97. The minimum atomic E-state index is 0.0426. The van der Waals surface area contributed by atoms with E-state index in [2.05, 4.69) is 26.0 Å². The van der Waals surface area contributed by atoms with Crippen molar-refractivity contribution in [3.05, 3.63) is 11.6 Å². The molecule has 0 aromatic heterocycles. The lowest BCUT2D eigenvalue weighted by atomic mass is 9.47. The fourth-order valence-corrected chi connectivity index (χ4v) is 8.33. The zero-order chi connectivity index (χ0) is 20.1. The summed E-state index contributed by atoms with van der Waals surface area (Å²) in [7, 11) is 0. The summed E-state index contributed by atoms with van der Waals surface area (Å²) in [5.74, 6) is 3.15. The molecule has 4 fully saturated rings. The van der Waals surface area contributed by atoms with Crippen LogP contribution in [0.4, 0.5) is 0 Å². The van der Waals surface area contributed by atoms with Gasteiger partial charge in [0.1, 0.15) is 0 Å². The van der Waals surface area contributed by atoms with Crippen LogP contribution in [0, 0.1) is 45.8 Å². The van der Waals surface area contributed by atoms with Crippen molar-refractivity contribution < 1.29 is 9.47 Å². The lowest BCUT2D eigenvalue weighted by Gasteiger charge is -2.58. The fourth-order valence-electron chi connectivity index (χ4n) is 8.33. The van der Waals surface area contributed by atoms with Gasteiger partial charge in [0.05, 0.1) is 12.2 Å². The summed E-state index contributed by atoms with van der Waals surface area (Å²) in [5.41, 5.74) is 2.49. The second kappa shape index (κ2) is 7.69. The maximum Gasteiger partial charge on any atom is 0.157 e. The molecule has 8 unspecified atom stereocenters. The van der Waals surface area contributed by atoms with Gasteiger partial charge >= 0.3 is 0 Å². The Morgan fingerprint density at radius 2 is 2.00 bits per heavy atom. The minimum absolute atomic E-state index is 0.0426. The van der Waals surface area contributed by atoms with Crippen LogP contribution in [0.15, 0.2) is 11.6 Å². The quantitative estimate of drug-likeness (QED) is 0.518. The number of hydrogen-bond donors (Lipinski definition) is 0. The summed E-state index contributed by atoms with van der Waals surface area (Å²) in [5, 5.41) is 9.32. The highest BCUT2D eigenvalue weighted by molar-refractivity contribution is 5.25. The number of fused-ring (bicyclic) bond motifs is 5. The summed E-state index contributed by atoms with van der Waals surface area (Å²) in [4.78, 5) is 0. The molecule has 8 atom stereocenters. The molecule has 5 rings (SSSR count). The van der Waals surface area contributed by atoms with E-state index in [4.69, 9.17) is 9.47 Å². The fraction of sp³-hybridized carbons (Fsp3) is 0.885. The van der Waals surface area contributed by atoms with Gasteiger partial charge in [-0.1, -0.05) is 25.5 Å². The lowest BCUT2D eigenvalue weighted by molar-refractivity contribution is -0.195. The number of nitrogens with zero attached hydrogens (tertiary/aromatic N) is 1. The number of nitriles is 1. The Labute approximate surface area is 177 Å². The average Bonchev–Trinajstić information content (AvgIpc) is 3.06. The zero-order valence-corrected chi connectivity index (χ0v) is 18.5. The number of hydrogen-bond acceptors (Lipinski definition) is 3. The maximum absolute atomic E-state index is 9.32. The van der Waals surface area contributed by atoms with Gasteiger partial charge in [0.25, 0.3) is 0 Å². The Hall–Kier alpha value is -0.850. The highest BCUT2D eigenvalue weighted by Gasteiger charge is 2.58. The first-order valence-electron chi connectivity index (χ1n) is 12.4. The van der Waals surface area contributed by atoms with Crippen LogP contribution in [0.2, 0.25) is 0 Å². The highest BCUT2D eigenvalue weighted by Crippen LogP contribution is 2.66. The molecule has 0 radical (unpaired) electrons. The van der Waals surface area contributed by atoms with E-state index in [1.54, 1.807) is 5.57 Å². The molecule has 0 aromatic carbocycles. The third kappa shape index (κ3) is 3.30. The molecule has 0 bridgehead atoms. The van der Waals surface area contributed by atoms with Gasteiger partial charge in [0.2, 0.25) is 0 Å². The van der Waals surface area contributed by atoms with E-state index in [1.807, 2.05) is 0 Å². The molecule has 0 amide bonds. The second-order valence-electron chi connectivity index (χ2n) is 11.2. The number of allylic oxidation sites excluding steroid dienone is 1. The Kier molecular flexibility index (Phi) is 5.32. The molecule has 0 spiro atoms. The molecule has 29 heavy (non-hydrogen) atoms. The van der Waals surface area contributed by atoms with Gasteiger partial charge < -0.3 is 9.47 Å². The summed E-state index contributed by atoms with van der Waals surface area (Å²) in [6, 6.07) is 2.49. The van der Waals surface area contributed by atoms with E-state index >= 15 is 0 Å². The maximum atomic E-state index is 9.32. The first kappa shape index (κ1) is 20.1. The molecule has 5 aliphatic rings. The monoisotopic (exact) mass is 397 g/mol. The van der Waals surface area contributed by atoms with Gasteiger partial charge in [0, 0.05) is 13.0 Å². The number of rotatable bonds is 3. The van der Waals surface area contributed by atoms with Gasteiger partial charge in [-0.15, -0.1) is 0 Å². The molecular weight excluding hydrogens is 358 g/mol. The van der Waals surface area contributed by atoms with Crippen LogP contribution in [-0.4, -0.2) is 19.0 Å². The van der Waals surface area contributed by atoms with Crippen LogP contribution >= 0.6 is 0 Å². The number of ether oxygens (including phenoxy) is 2. The van der Waals surface area contributed by atoms with Crippen molar-refractivity contribution in [2.24, 2.45) is 34.5 Å². The molecule has 1 saturated heterocycles. The van der Waals surface area contributed by atoms with Crippen molar-refractivity contribution >= 4 is 0 Å². The summed E-state index contributed by atoms with van der Waals surface area (Å²) in [6.07, 6.45) is 17.5. The summed E-state index contributed by atoms with van der Waals surface area (Å²) >= 11 is 0. The molecule has 4 aliphatic carbocycles. The van der Waals surface area contributed by atoms with Crippen molar-refractivity contribution in [2.75, 3.05) is 6.61 Å². The van der Waals surface area contributed by atoms with Crippen LogP contribution in [-0.2, 0) is 9.47 Å². The smallest absolute Gasteiger partial charge is 0.157 e. The molecule has 3 saturated carbocycles. The van der Waals surface area contributed by atoms with E-state index in [1.165, 1.54) is 57.8 Å². The predicted molar refractivity (Wildman–Crippen MR) is 114 cm³/mol. The van der Waals surface area contributed by atoms with E-state index < -0.39 is 0 Å². The van der Waals surface area contributed by atoms with E-state index in [0.29, 0.717) is 22.9 Å². The lowest BCUT2D eigenvalue weighted by Crippen LogP contribution is -2.50. The Morgan fingerprint density at radius 3 is 2.79 bits per heavy atom. The van der Waals surface area contributed by atoms with Crippen molar-refractivity contribution in [2.45, 2.75) is 103 Å². The van der Waals surface area contributed by atoms with E-state index in [0.717, 1.165) is 43.6 Å². The average molecular weight is 398 g/mol. The first-order valence-corrected chi connectivity index (χ1v) is 12.4. The summed E-state index contributed by atoms with van der Waals surface area (Å²) < 4.78 is 12.2. The third-order valence-electron chi connectivity index (χ3n) is 10.1.